The van der Waals surface area contributed by atoms with Crippen LogP contribution in [-0.4, -0.2) is 23.6 Å². The molecule has 0 saturated carbocycles. The quantitative estimate of drug-likeness (QED) is 0.611. The molecule has 15 heavy (non-hydrogen) atoms. The zero-order chi connectivity index (χ0) is 11.1. The highest BCUT2D eigenvalue weighted by atomic mass is 16.5. The summed E-state index contributed by atoms with van der Waals surface area (Å²) < 4.78 is 7.88. The third-order valence-corrected chi connectivity index (χ3v) is 2.52. The summed E-state index contributed by atoms with van der Waals surface area (Å²) in [6.07, 6.45) is 8.84. The summed E-state index contributed by atoms with van der Waals surface area (Å²) >= 11 is 0. The van der Waals surface area contributed by atoms with E-state index in [1.54, 1.807) is 0 Å². The van der Waals surface area contributed by atoms with Crippen LogP contribution < -0.4 is 0 Å². The Kier molecular flexibility index (Phi) is 5.16. The van der Waals surface area contributed by atoms with Crippen LogP contribution >= 0.6 is 0 Å². The molecule has 0 aromatic heterocycles. The molecule has 1 aliphatic heterocycles. The SMILES string of the molecule is C=C1C=CC(=[N+](CCCC)CCCC)O1. The van der Waals surface area contributed by atoms with Crippen LogP contribution in [0.2, 0.25) is 0 Å². The van der Waals surface area contributed by atoms with Gasteiger partial charge in [0.15, 0.2) is 0 Å². The van der Waals surface area contributed by atoms with Crippen molar-refractivity contribution in [1.29, 1.82) is 0 Å². The number of rotatable bonds is 6. The highest BCUT2D eigenvalue weighted by Gasteiger charge is 2.18. The van der Waals surface area contributed by atoms with E-state index in [0.717, 1.165) is 24.7 Å². The lowest BCUT2D eigenvalue weighted by molar-refractivity contribution is -0.535. The Morgan fingerprint density at radius 3 is 2.13 bits per heavy atom. The van der Waals surface area contributed by atoms with Crippen molar-refractivity contribution in [2.75, 3.05) is 13.1 Å². The fourth-order valence-electron chi connectivity index (χ4n) is 1.57. The predicted octanol–water partition coefficient (Wildman–Crippen LogP) is 3.10. The van der Waals surface area contributed by atoms with E-state index in [1.807, 2.05) is 12.2 Å². The molecule has 0 aliphatic carbocycles. The van der Waals surface area contributed by atoms with Gasteiger partial charge in [0.1, 0.15) is 18.8 Å². The summed E-state index contributed by atoms with van der Waals surface area (Å²) in [6.45, 7) is 10.4. The lowest BCUT2D eigenvalue weighted by atomic mass is 10.3. The standard InChI is InChI=1S/C13H22NO/c1-4-6-10-14(11-7-5-2)13-9-8-12(3)15-13/h8-9H,3-7,10-11H2,1-2H3/q+1. The lowest BCUT2D eigenvalue weighted by Gasteiger charge is -2.05. The zero-order valence-electron chi connectivity index (χ0n) is 9.96. The molecule has 0 bridgehead atoms. The molecular weight excluding hydrogens is 186 g/mol. The summed E-state index contributed by atoms with van der Waals surface area (Å²) in [4.78, 5) is 0. The summed E-state index contributed by atoms with van der Waals surface area (Å²) in [6, 6.07) is 0. The molecule has 0 saturated heterocycles. The minimum absolute atomic E-state index is 0.753. The van der Waals surface area contributed by atoms with Gasteiger partial charge in [0.2, 0.25) is 0 Å². The maximum Gasteiger partial charge on any atom is 0.367 e. The molecule has 0 atom stereocenters. The van der Waals surface area contributed by atoms with Gasteiger partial charge < -0.3 is 4.74 Å². The Labute approximate surface area is 93.0 Å². The summed E-state index contributed by atoms with van der Waals surface area (Å²) in [7, 11) is 0. The number of hydrogen-bond donors (Lipinski definition) is 0. The molecule has 0 aromatic carbocycles. The predicted molar refractivity (Wildman–Crippen MR) is 64.2 cm³/mol. The van der Waals surface area contributed by atoms with E-state index in [-0.39, 0.29) is 0 Å². The van der Waals surface area contributed by atoms with E-state index in [9.17, 15) is 0 Å². The maximum atomic E-state index is 5.55. The molecule has 0 unspecified atom stereocenters. The van der Waals surface area contributed by atoms with Gasteiger partial charge in [-0.3, -0.25) is 0 Å². The van der Waals surface area contributed by atoms with Gasteiger partial charge in [-0.15, -0.1) is 0 Å². The van der Waals surface area contributed by atoms with Crippen molar-refractivity contribution in [1.82, 2.24) is 0 Å². The molecule has 2 heteroatoms. The second-order valence-electron chi connectivity index (χ2n) is 3.93. The van der Waals surface area contributed by atoms with Crippen molar-refractivity contribution in [2.45, 2.75) is 39.5 Å². The first-order valence-electron chi connectivity index (χ1n) is 5.94. The van der Waals surface area contributed by atoms with Gasteiger partial charge in [-0.2, -0.15) is 4.58 Å². The molecule has 1 rings (SSSR count). The van der Waals surface area contributed by atoms with Crippen LogP contribution in [0.1, 0.15) is 39.5 Å². The lowest BCUT2D eigenvalue weighted by Crippen LogP contribution is -2.22. The molecule has 0 N–H and O–H groups in total. The third-order valence-electron chi connectivity index (χ3n) is 2.52. The first-order chi connectivity index (χ1) is 7.27. The van der Waals surface area contributed by atoms with Gasteiger partial charge in [0.25, 0.3) is 0 Å². The highest BCUT2D eigenvalue weighted by Crippen LogP contribution is 2.08. The van der Waals surface area contributed by atoms with E-state index in [2.05, 4.69) is 25.0 Å². The Balaban J connectivity index is 2.61. The molecule has 1 aliphatic rings. The molecule has 2 nitrogen and oxygen atoms in total. The topological polar surface area (TPSA) is 12.2 Å². The molecule has 0 aromatic rings. The van der Waals surface area contributed by atoms with Crippen molar-refractivity contribution in [2.24, 2.45) is 0 Å². The fourth-order valence-corrected chi connectivity index (χ4v) is 1.57. The zero-order valence-corrected chi connectivity index (χ0v) is 9.96. The summed E-state index contributed by atoms with van der Waals surface area (Å²) in [5.41, 5.74) is 0. The van der Waals surface area contributed by atoms with Gasteiger partial charge in [-0.05, 0) is 6.08 Å². The van der Waals surface area contributed by atoms with Crippen LogP contribution in [0.4, 0.5) is 0 Å². The van der Waals surface area contributed by atoms with Crippen LogP contribution in [0.15, 0.2) is 24.5 Å². The van der Waals surface area contributed by atoms with Gasteiger partial charge in [-0.25, -0.2) is 0 Å². The van der Waals surface area contributed by atoms with E-state index < -0.39 is 0 Å². The average Bonchev–Trinajstić information content (AvgIpc) is 2.65. The van der Waals surface area contributed by atoms with E-state index in [4.69, 9.17) is 4.74 Å². The van der Waals surface area contributed by atoms with Gasteiger partial charge in [0, 0.05) is 12.8 Å². The first kappa shape index (κ1) is 12.0. The molecule has 84 valence electrons. The fraction of sp³-hybridized carbons (Fsp3) is 0.615. The summed E-state index contributed by atoms with van der Waals surface area (Å²) in [5, 5.41) is 0. The number of allylic oxidation sites excluding steroid dienone is 1. The van der Waals surface area contributed by atoms with Crippen molar-refractivity contribution in [3.63, 3.8) is 0 Å². The molecular formula is C13H22NO+. The number of hydrogen-bond acceptors (Lipinski definition) is 1. The number of nitrogens with zero attached hydrogens (tertiary/aromatic N) is 1. The second-order valence-corrected chi connectivity index (χ2v) is 3.93. The molecule has 0 spiro atoms. The van der Waals surface area contributed by atoms with Crippen molar-refractivity contribution in [3.8, 4) is 0 Å². The van der Waals surface area contributed by atoms with Crippen LogP contribution in [0.25, 0.3) is 0 Å². The minimum atomic E-state index is 0.753. The monoisotopic (exact) mass is 208 g/mol. The molecule has 1 heterocycles. The van der Waals surface area contributed by atoms with Crippen LogP contribution in [0.3, 0.4) is 0 Å². The van der Waals surface area contributed by atoms with Crippen LogP contribution in [0.5, 0.6) is 0 Å². The normalized spacial score (nSPS) is 14.5. The Morgan fingerprint density at radius 1 is 1.13 bits per heavy atom. The van der Waals surface area contributed by atoms with Crippen LogP contribution in [0, 0.1) is 0 Å². The first-order valence-corrected chi connectivity index (χ1v) is 5.94. The van der Waals surface area contributed by atoms with Crippen molar-refractivity contribution >= 4 is 5.90 Å². The number of ether oxygens (including phenoxy) is 1. The molecule has 0 radical (unpaired) electrons. The van der Waals surface area contributed by atoms with E-state index in [0.29, 0.717) is 0 Å². The average molecular weight is 208 g/mol. The van der Waals surface area contributed by atoms with Crippen LogP contribution in [-0.2, 0) is 4.74 Å². The van der Waals surface area contributed by atoms with Gasteiger partial charge in [0.05, 0.1) is 6.08 Å². The molecule has 0 fully saturated rings. The van der Waals surface area contributed by atoms with E-state index >= 15 is 0 Å². The van der Waals surface area contributed by atoms with Crippen molar-refractivity contribution in [3.05, 3.63) is 24.5 Å². The number of unbranched alkanes of at least 4 members (excludes halogenated alkanes) is 2. The Morgan fingerprint density at radius 2 is 1.73 bits per heavy atom. The highest BCUT2D eigenvalue weighted by molar-refractivity contribution is 5.87. The van der Waals surface area contributed by atoms with Gasteiger partial charge >= 0.3 is 5.90 Å². The summed E-state index contributed by atoms with van der Waals surface area (Å²) in [5.74, 6) is 1.73. The molecule has 0 amide bonds. The van der Waals surface area contributed by atoms with Gasteiger partial charge in [-0.1, -0.05) is 33.3 Å². The Bertz CT molecular complexity index is 266. The maximum absolute atomic E-state index is 5.55. The third kappa shape index (κ3) is 3.90. The van der Waals surface area contributed by atoms with E-state index in [1.165, 1.54) is 25.7 Å². The minimum Gasteiger partial charge on any atom is -0.406 e. The largest absolute Gasteiger partial charge is 0.406 e. The smallest absolute Gasteiger partial charge is 0.367 e. The Hall–Kier alpha value is -1.05. The van der Waals surface area contributed by atoms with Crippen molar-refractivity contribution < 1.29 is 9.31 Å². The second kappa shape index (κ2) is 6.44.